The highest BCUT2D eigenvalue weighted by Gasteiger charge is 2.14. The maximum absolute atomic E-state index is 12.2. The highest BCUT2D eigenvalue weighted by Crippen LogP contribution is 2.17. The highest BCUT2D eigenvalue weighted by molar-refractivity contribution is 5.84. The Morgan fingerprint density at radius 3 is 2.81 bits per heavy atom. The summed E-state index contributed by atoms with van der Waals surface area (Å²) >= 11 is 0. The summed E-state index contributed by atoms with van der Waals surface area (Å²) in [6.07, 6.45) is 6.09. The number of carbonyl (C=O) groups is 2. The van der Waals surface area contributed by atoms with Crippen molar-refractivity contribution in [3.8, 4) is 0 Å². The number of nitrogens with zero attached hydrogens (tertiary/aromatic N) is 2. The van der Waals surface area contributed by atoms with E-state index < -0.39 is 0 Å². The van der Waals surface area contributed by atoms with Crippen molar-refractivity contribution in [2.24, 2.45) is 0 Å². The molecular weight excluding hydrogens is 328 g/mol. The molecule has 0 atom stereocenters. The number of hydrogen-bond acceptors (Lipinski definition) is 3. The van der Waals surface area contributed by atoms with Gasteiger partial charge in [-0.05, 0) is 29.7 Å². The summed E-state index contributed by atoms with van der Waals surface area (Å²) in [5.74, 6) is -0.301. The average Bonchev–Trinajstić information content (AvgIpc) is 3.05. The Morgan fingerprint density at radius 1 is 1.19 bits per heavy atom. The quantitative estimate of drug-likeness (QED) is 0.686. The van der Waals surface area contributed by atoms with Crippen molar-refractivity contribution in [2.75, 3.05) is 13.1 Å². The van der Waals surface area contributed by atoms with Crippen LogP contribution >= 0.6 is 0 Å². The first kappa shape index (κ1) is 17.7. The van der Waals surface area contributed by atoms with Crippen LogP contribution in [-0.4, -0.2) is 39.8 Å². The van der Waals surface area contributed by atoms with Crippen LogP contribution in [0.3, 0.4) is 0 Å². The Balaban J connectivity index is 1.51. The molecule has 0 radical (unpaired) electrons. The number of hydrogen-bond donors (Lipinski definition) is 2. The average molecular weight is 350 g/mol. The first-order chi connectivity index (χ1) is 12.6. The lowest BCUT2D eigenvalue weighted by Gasteiger charge is -2.20. The summed E-state index contributed by atoms with van der Waals surface area (Å²) in [7, 11) is 0. The van der Waals surface area contributed by atoms with E-state index >= 15 is 0 Å². The normalized spacial score (nSPS) is 10.7. The molecular formula is C20H22N4O2. The monoisotopic (exact) mass is 350 g/mol. The number of pyridine rings is 1. The molecule has 6 nitrogen and oxygen atoms in total. The zero-order chi connectivity index (χ0) is 18.4. The fourth-order valence-corrected chi connectivity index (χ4v) is 2.89. The van der Waals surface area contributed by atoms with Crippen LogP contribution in [-0.2, 0) is 22.6 Å². The molecule has 0 aliphatic rings. The lowest BCUT2D eigenvalue weighted by molar-refractivity contribution is -0.134. The maximum Gasteiger partial charge on any atom is 0.239 e. The Bertz CT molecular complexity index is 889. The van der Waals surface area contributed by atoms with Crippen LogP contribution in [0.15, 0.2) is 55.0 Å². The van der Waals surface area contributed by atoms with Gasteiger partial charge in [-0.25, -0.2) is 0 Å². The predicted octanol–water partition coefficient (Wildman–Crippen LogP) is 2.27. The number of carbonyl (C=O) groups excluding carboxylic acids is 2. The van der Waals surface area contributed by atoms with Gasteiger partial charge in [0.2, 0.25) is 11.8 Å². The minimum atomic E-state index is -0.163. The largest absolute Gasteiger partial charge is 0.361 e. The van der Waals surface area contributed by atoms with E-state index in [1.165, 1.54) is 22.8 Å². The molecule has 134 valence electrons. The summed E-state index contributed by atoms with van der Waals surface area (Å²) in [6, 6.07) is 11.8. The van der Waals surface area contributed by atoms with E-state index in [1.807, 2.05) is 36.5 Å². The van der Waals surface area contributed by atoms with Gasteiger partial charge in [0.15, 0.2) is 0 Å². The number of para-hydroxylation sites is 1. The minimum Gasteiger partial charge on any atom is -0.361 e. The smallest absolute Gasteiger partial charge is 0.239 e. The van der Waals surface area contributed by atoms with Gasteiger partial charge in [0.1, 0.15) is 0 Å². The number of aromatic nitrogens is 2. The molecule has 3 aromatic rings. The minimum absolute atomic E-state index is 0.0398. The van der Waals surface area contributed by atoms with Gasteiger partial charge in [0.25, 0.3) is 0 Å². The van der Waals surface area contributed by atoms with E-state index in [0.29, 0.717) is 13.1 Å². The third-order valence-corrected chi connectivity index (χ3v) is 4.27. The molecule has 2 amide bonds. The first-order valence-electron chi connectivity index (χ1n) is 8.59. The van der Waals surface area contributed by atoms with Gasteiger partial charge in [-0.3, -0.25) is 14.6 Å². The number of H-pyrrole nitrogens is 1. The number of nitrogens with one attached hydrogen (secondary N) is 2. The summed E-state index contributed by atoms with van der Waals surface area (Å²) < 4.78 is 0. The lowest BCUT2D eigenvalue weighted by atomic mass is 10.1. The number of rotatable bonds is 7. The van der Waals surface area contributed by atoms with Crippen molar-refractivity contribution in [2.45, 2.75) is 19.9 Å². The van der Waals surface area contributed by atoms with Crippen molar-refractivity contribution in [3.05, 3.63) is 66.1 Å². The molecule has 26 heavy (non-hydrogen) atoms. The molecule has 3 rings (SSSR count). The molecule has 0 unspecified atom stereocenters. The van der Waals surface area contributed by atoms with E-state index in [4.69, 9.17) is 0 Å². The van der Waals surface area contributed by atoms with Crippen LogP contribution in [0.1, 0.15) is 18.1 Å². The van der Waals surface area contributed by atoms with E-state index in [2.05, 4.69) is 21.4 Å². The lowest BCUT2D eigenvalue weighted by Crippen LogP contribution is -2.39. The molecule has 0 fully saturated rings. The van der Waals surface area contributed by atoms with E-state index in [1.54, 1.807) is 12.4 Å². The third kappa shape index (κ3) is 4.47. The molecule has 0 bridgehead atoms. The van der Waals surface area contributed by atoms with E-state index in [0.717, 1.165) is 17.5 Å². The fraction of sp³-hybridized carbons (Fsp3) is 0.250. The first-order valence-corrected chi connectivity index (χ1v) is 8.59. The molecule has 0 saturated carbocycles. The zero-order valence-corrected chi connectivity index (χ0v) is 14.7. The molecule has 0 aliphatic heterocycles. The van der Waals surface area contributed by atoms with Gasteiger partial charge in [-0.2, -0.15) is 0 Å². The van der Waals surface area contributed by atoms with E-state index in [-0.39, 0.29) is 18.4 Å². The SMILES string of the molecule is CC(=O)N(CC(=O)NCCc1c[nH]c2ccccc12)Cc1cccnc1. The molecule has 2 aromatic heterocycles. The molecule has 6 heteroatoms. The van der Waals surface area contributed by atoms with Gasteiger partial charge < -0.3 is 15.2 Å². The molecule has 0 aliphatic carbocycles. The summed E-state index contributed by atoms with van der Waals surface area (Å²) in [5, 5.41) is 4.06. The van der Waals surface area contributed by atoms with Crippen molar-refractivity contribution in [3.63, 3.8) is 0 Å². The number of fused-ring (bicyclic) bond motifs is 1. The number of amides is 2. The highest BCUT2D eigenvalue weighted by atomic mass is 16.2. The van der Waals surface area contributed by atoms with Crippen LogP contribution in [0.4, 0.5) is 0 Å². The van der Waals surface area contributed by atoms with Gasteiger partial charge in [0, 0.05) is 49.5 Å². The van der Waals surface area contributed by atoms with Gasteiger partial charge in [0.05, 0.1) is 6.54 Å². The fourth-order valence-electron chi connectivity index (χ4n) is 2.89. The Hall–Kier alpha value is -3.15. The molecule has 0 saturated heterocycles. The third-order valence-electron chi connectivity index (χ3n) is 4.27. The van der Waals surface area contributed by atoms with Crippen molar-refractivity contribution >= 4 is 22.7 Å². The second-order valence-electron chi connectivity index (χ2n) is 6.20. The molecule has 2 N–H and O–H groups in total. The Labute approximate surface area is 152 Å². The van der Waals surface area contributed by atoms with Gasteiger partial charge >= 0.3 is 0 Å². The topological polar surface area (TPSA) is 78.1 Å². The Morgan fingerprint density at radius 2 is 2.04 bits per heavy atom. The molecule has 0 spiro atoms. The zero-order valence-electron chi connectivity index (χ0n) is 14.7. The van der Waals surface area contributed by atoms with Crippen LogP contribution in [0.25, 0.3) is 10.9 Å². The summed E-state index contributed by atoms with van der Waals surface area (Å²) in [6.45, 7) is 2.41. The second kappa shape index (κ2) is 8.29. The second-order valence-corrected chi connectivity index (χ2v) is 6.20. The predicted molar refractivity (Wildman–Crippen MR) is 100 cm³/mol. The van der Waals surface area contributed by atoms with Gasteiger partial charge in [-0.1, -0.05) is 24.3 Å². The maximum atomic E-state index is 12.2. The standard InChI is InChI=1S/C20H22N4O2/c1-15(25)24(13-16-5-4-9-21-11-16)14-20(26)22-10-8-17-12-23-19-7-3-2-6-18(17)19/h2-7,9,11-12,23H,8,10,13-14H2,1H3,(H,22,26). The van der Waals surface area contributed by atoms with Crippen LogP contribution in [0.5, 0.6) is 0 Å². The number of benzene rings is 1. The van der Waals surface area contributed by atoms with Gasteiger partial charge in [-0.15, -0.1) is 0 Å². The van der Waals surface area contributed by atoms with Crippen molar-refractivity contribution < 1.29 is 9.59 Å². The van der Waals surface area contributed by atoms with Crippen LogP contribution in [0.2, 0.25) is 0 Å². The van der Waals surface area contributed by atoms with E-state index in [9.17, 15) is 9.59 Å². The summed E-state index contributed by atoms with van der Waals surface area (Å²) in [5.41, 5.74) is 3.15. The molecule has 1 aromatic carbocycles. The van der Waals surface area contributed by atoms with Crippen LogP contribution < -0.4 is 5.32 Å². The van der Waals surface area contributed by atoms with Crippen molar-refractivity contribution in [1.29, 1.82) is 0 Å². The Kier molecular flexibility index (Phi) is 5.63. The summed E-state index contributed by atoms with van der Waals surface area (Å²) in [4.78, 5) is 32.8. The number of aromatic amines is 1. The molecule has 2 heterocycles. The van der Waals surface area contributed by atoms with Crippen LogP contribution in [0, 0.1) is 0 Å². The van der Waals surface area contributed by atoms with Crippen molar-refractivity contribution in [1.82, 2.24) is 20.2 Å².